The van der Waals surface area contributed by atoms with E-state index < -0.39 is 0 Å². The molecule has 32 heavy (non-hydrogen) atoms. The van der Waals surface area contributed by atoms with E-state index in [4.69, 9.17) is 41.8 Å². The van der Waals surface area contributed by atoms with Gasteiger partial charge in [-0.2, -0.15) is 0 Å². The van der Waals surface area contributed by atoms with Crippen LogP contribution in [0.3, 0.4) is 0 Å². The molecular weight excluding hydrogens is 453 g/mol. The minimum Gasteiger partial charge on any atom is -0.492 e. The smallest absolute Gasteiger partial charge is 0.231 e. The Morgan fingerprint density at radius 1 is 1.19 bits per heavy atom. The van der Waals surface area contributed by atoms with E-state index in [-0.39, 0.29) is 30.8 Å². The molecule has 2 aliphatic rings. The Balaban J connectivity index is 1.46. The summed E-state index contributed by atoms with van der Waals surface area (Å²) in [7, 11) is 3.61. The lowest BCUT2D eigenvalue weighted by atomic mass is 9.88. The van der Waals surface area contributed by atoms with Gasteiger partial charge in [0.2, 0.25) is 12.5 Å². The summed E-state index contributed by atoms with van der Waals surface area (Å²) in [6.45, 7) is 0.977. The fraction of sp³-hybridized carbons (Fsp3) is 0.292. The maximum Gasteiger partial charge on any atom is 0.231 e. The number of benzene rings is 2. The van der Waals surface area contributed by atoms with Gasteiger partial charge >= 0.3 is 0 Å². The third-order valence-electron chi connectivity index (χ3n) is 6.00. The van der Waals surface area contributed by atoms with Crippen molar-refractivity contribution in [1.29, 1.82) is 0 Å². The predicted molar refractivity (Wildman–Crippen MR) is 121 cm³/mol. The van der Waals surface area contributed by atoms with Crippen LogP contribution in [-0.4, -0.2) is 38.2 Å². The van der Waals surface area contributed by atoms with Crippen LogP contribution in [0.4, 0.5) is 0 Å². The Kier molecular flexibility index (Phi) is 5.53. The zero-order valence-corrected chi connectivity index (χ0v) is 19.1. The summed E-state index contributed by atoms with van der Waals surface area (Å²) in [5.41, 5.74) is 2.71. The van der Waals surface area contributed by atoms with E-state index in [1.165, 1.54) is 0 Å². The maximum absolute atomic E-state index is 13.2. The minimum absolute atomic E-state index is 0.112. The van der Waals surface area contributed by atoms with E-state index in [2.05, 4.69) is 4.90 Å². The van der Waals surface area contributed by atoms with Crippen LogP contribution in [0.25, 0.3) is 11.3 Å². The van der Waals surface area contributed by atoms with Crippen molar-refractivity contribution in [2.45, 2.75) is 18.9 Å². The van der Waals surface area contributed by atoms with Gasteiger partial charge in [-0.25, -0.2) is 0 Å². The number of ketones is 1. The molecule has 0 radical (unpaired) electrons. The highest BCUT2D eigenvalue weighted by Gasteiger charge is 2.35. The standard InChI is InChI=1S/C24H21Cl2NO5/c1-27-8-7-13-9-21-23(31-12-30-21)24(29-2)22(13)17(27)11-18(28)20-6-5-19(32-20)15-10-14(25)3-4-16(15)26/h3-6,9-10,17H,7-8,11-12H2,1-2H3/t17-/m1/s1. The number of likely N-dealkylation sites (N-methyl/N-ethyl adjacent to an activating group) is 1. The molecule has 1 aromatic heterocycles. The van der Waals surface area contributed by atoms with Crippen molar-refractivity contribution < 1.29 is 23.4 Å². The molecule has 0 fully saturated rings. The summed E-state index contributed by atoms with van der Waals surface area (Å²) in [5, 5.41) is 1.05. The topological polar surface area (TPSA) is 61.1 Å². The average molecular weight is 474 g/mol. The van der Waals surface area contributed by atoms with Gasteiger partial charge in [0.15, 0.2) is 23.0 Å². The number of furan rings is 1. The van der Waals surface area contributed by atoms with Crippen LogP contribution >= 0.6 is 23.2 Å². The highest BCUT2D eigenvalue weighted by molar-refractivity contribution is 6.35. The highest BCUT2D eigenvalue weighted by atomic mass is 35.5. The average Bonchev–Trinajstić information content (AvgIpc) is 3.45. The zero-order chi connectivity index (χ0) is 22.4. The lowest BCUT2D eigenvalue weighted by molar-refractivity contribution is 0.0899. The van der Waals surface area contributed by atoms with E-state index in [1.807, 2.05) is 13.1 Å². The molecule has 0 unspecified atom stereocenters. The van der Waals surface area contributed by atoms with Crippen molar-refractivity contribution in [3.8, 4) is 28.6 Å². The van der Waals surface area contributed by atoms with Crippen LogP contribution in [0, 0.1) is 0 Å². The largest absolute Gasteiger partial charge is 0.492 e. The van der Waals surface area contributed by atoms with Crippen LogP contribution < -0.4 is 14.2 Å². The fourth-order valence-corrected chi connectivity index (χ4v) is 4.76. The maximum atomic E-state index is 13.2. The summed E-state index contributed by atoms with van der Waals surface area (Å²) in [6.07, 6.45) is 1.07. The number of hydrogen-bond donors (Lipinski definition) is 0. The first-order valence-corrected chi connectivity index (χ1v) is 11.0. The molecule has 166 valence electrons. The Morgan fingerprint density at radius 2 is 2.03 bits per heavy atom. The number of carbonyl (C=O) groups is 1. The van der Waals surface area contributed by atoms with Crippen LogP contribution in [-0.2, 0) is 6.42 Å². The van der Waals surface area contributed by atoms with Crippen LogP contribution in [0.5, 0.6) is 17.2 Å². The molecule has 3 aromatic rings. The second kappa shape index (κ2) is 8.35. The van der Waals surface area contributed by atoms with Gasteiger partial charge in [0.25, 0.3) is 0 Å². The first-order valence-electron chi connectivity index (χ1n) is 10.2. The molecule has 0 amide bonds. The monoisotopic (exact) mass is 473 g/mol. The van der Waals surface area contributed by atoms with Gasteiger partial charge in [0, 0.05) is 35.2 Å². The molecule has 2 aromatic carbocycles. The second-order valence-electron chi connectivity index (χ2n) is 7.88. The molecule has 5 rings (SSSR count). The van der Waals surface area contributed by atoms with Gasteiger partial charge < -0.3 is 18.6 Å². The van der Waals surface area contributed by atoms with Crippen molar-refractivity contribution in [2.24, 2.45) is 0 Å². The van der Waals surface area contributed by atoms with Gasteiger partial charge in [0.05, 0.1) is 12.1 Å². The second-order valence-corrected chi connectivity index (χ2v) is 8.72. The summed E-state index contributed by atoms with van der Waals surface area (Å²) < 4.78 is 22.8. The van der Waals surface area contributed by atoms with E-state index in [0.717, 1.165) is 24.1 Å². The molecule has 0 N–H and O–H groups in total. The van der Waals surface area contributed by atoms with Crippen molar-refractivity contribution in [3.63, 3.8) is 0 Å². The van der Waals surface area contributed by atoms with E-state index in [9.17, 15) is 4.79 Å². The Hall–Kier alpha value is -2.67. The molecule has 2 aliphatic heterocycles. The summed E-state index contributed by atoms with van der Waals surface area (Å²) in [4.78, 5) is 15.4. The highest BCUT2D eigenvalue weighted by Crippen LogP contribution is 2.50. The fourth-order valence-electron chi connectivity index (χ4n) is 4.38. The number of Topliss-reactive ketones (excluding diaryl/α,β-unsaturated/α-hetero) is 1. The summed E-state index contributed by atoms with van der Waals surface area (Å²) >= 11 is 12.4. The zero-order valence-electron chi connectivity index (χ0n) is 17.6. The molecule has 1 atom stereocenters. The number of ether oxygens (including phenoxy) is 3. The van der Waals surface area contributed by atoms with Gasteiger partial charge in [-0.3, -0.25) is 9.69 Å². The molecule has 3 heterocycles. The van der Waals surface area contributed by atoms with Gasteiger partial charge in [0.1, 0.15) is 5.76 Å². The van der Waals surface area contributed by atoms with Crippen molar-refractivity contribution in [3.05, 3.63) is 63.3 Å². The van der Waals surface area contributed by atoms with Crippen LogP contribution in [0.1, 0.15) is 34.1 Å². The van der Waals surface area contributed by atoms with E-state index in [0.29, 0.717) is 38.6 Å². The Labute approximate surface area is 195 Å². The van der Waals surface area contributed by atoms with E-state index >= 15 is 0 Å². The van der Waals surface area contributed by atoms with Crippen molar-refractivity contribution in [2.75, 3.05) is 27.5 Å². The molecule has 0 spiro atoms. The predicted octanol–water partition coefficient (Wildman–Crippen LogP) is 5.79. The van der Waals surface area contributed by atoms with Crippen LogP contribution in [0.2, 0.25) is 10.0 Å². The number of rotatable bonds is 5. The van der Waals surface area contributed by atoms with Crippen LogP contribution in [0.15, 0.2) is 40.8 Å². The third-order valence-corrected chi connectivity index (χ3v) is 6.56. The van der Waals surface area contributed by atoms with Gasteiger partial charge in [-0.1, -0.05) is 23.2 Å². The Bertz CT molecular complexity index is 1210. The normalized spacial score (nSPS) is 17.3. The summed E-state index contributed by atoms with van der Waals surface area (Å²) in [5.74, 6) is 2.57. The molecular formula is C24H21Cl2NO5. The van der Waals surface area contributed by atoms with Gasteiger partial charge in [-0.15, -0.1) is 0 Å². The minimum atomic E-state index is -0.181. The molecule has 0 bridgehead atoms. The third kappa shape index (κ3) is 3.62. The number of carbonyl (C=O) groups excluding carboxylic acids is 1. The quantitative estimate of drug-likeness (QED) is 0.436. The number of halogens is 2. The SMILES string of the molecule is COc1c2c(cc3c1[C@@H](CC(=O)c1ccc(-c4cc(Cl)ccc4Cl)o1)N(C)CC3)OCO2. The molecule has 0 aliphatic carbocycles. The first kappa shape index (κ1) is 21.2. The summed E-state index contributed by atoms with van der Waals surface area (Å²) in [6, 6.07) is 10.4. The first-order chi connectivity index (χ1) is 15.5. The number of fused-ring (bicyclic) bond motifs is 2. The molecule has 6 nitrogen and oxygen atoms in total. The van der Waals surface area contributed by atoms with Crippen molar-refractivity contribution in [1.82, 2.24) is 4.90 Å². The van der Waals surface area contributed by atoms with E-state index in [1.54, 1.807) is 37.4 Å². The lowest BCUT2D eigenvalue weighted by Crippen LogP contribution is -2.34. The number of nitrogens with zero attached hydrogens (tertiary/aromatic N) is 1. The lowest BCUT2D eigenvalue weighted by Gasteiger charge is -2.35. The molecule has 0 saturated heterocycles. The van der Waals surface area contributed by atoms with Gasteiger partial charge in [-0.05, 0) is 55.4 Å². The van der Waals surface area contributed by atoms with Crippen molar-refractivity contribution >= 4 is 29.0 Å². The number of hydrogen-bond acceptors (Lipinski definition) is 6. The molecule has 8 heteroatoms. The molecule has 0 saturated carbocycles. The Morgan fingerprint density at radius 3 is 2.84 bits per heavy atom. The number of methoxy groups -OCH3 is 1.